The summed E-state index contributed by atoms with van der Waals surface area (Å²) >= 11 is 0. The fraction of sp³-hybridized carbons (Fsp3) is 1.00. The lowest BCUT2D eigenvalue weighted by Crippen LogP contribution is -2.21. The molecule has 5 heteroatoms. The van der Waals surface area contributed by atoms with Gasteiger partial charge in [0, 0.05) is 27.4 Å². The van der Waals surface area contributed by atoms with Crippen LogP contribution in [-0.4, -0.2) is 36.9 Å². The van der Waals surface area contributed by atoms with Crippen molar-refractivity contribution in [3.8, 4) is 0 Å². The highest BCUT2D eigenvalue weighted by Crippen LogP contribution is 2.30. The second-order valence-electron chi connectivity index (χ2n) is 3.19. The topological polar surface area (TPSA) is 53.7 Å². The van der Waals surface area contributed by atoms with E-state index in [-0.39, 0.29) is 0 Å². The summed E-state index contributed by atoms with van der Waals surface area (Å²) in [7, 11) is 3.05. The van der Waals surface area contributed by atoms with E-state index >= 15 is 0 Å². The molecule has 1 aliphatic rings. The van der Waals surface area contributed by atoms with Crippen molar-refractivity contribution < 1.29 is 13.3 Å². The molecule has 0 aromatic heterocycles. The Kier molecular flexibility index (Phi) is 7.49. The first-order valence-electron chi connectivity index (χ1n) is 4.49. The van der Waals surface area contributed by atoms with Gasteiger partial charge in [-0.2, -0.15) is 0 Å². The van der Waals surface area contributed by atoms with Crippen LogP contribution in [0.4, 0.5) is 0 Å². The molecule has 0 aromatic carbocycles. The van der Waals surface area contributed by atoms with E-state index in [0.717, 1.165) is 5.92 Å². The van der Waals surface area contributed by atoms with E-state index < -0.39 is 9.53 Å². The Morgan fingerprint density at radius 2 is 1.54 bits per heavy atom. The van der Waals surface area contributed by atoms with Gasteiger partial charge >= 0.3 is 9.53 Å². The maximum absolute atomic E-state index is 5.50. The molecule has 0 aliphatic heterocycles. The van der Waals surface area contributed by atoms with Crippen LogP contribution in [0.3, 0.4) is 0 Å². The molecule has 13 heavy (non-hydrogen) atoms. The van der Waals surface area contributed by atoms with Crippen molar-refractivity contribution in [3.05, 3.63) is 0 Å². The highest BCUT2D eigenvalue weighted by molar-refractivity contribution is 6.36. The summed E-state index contributed by atoms with van der Waals surface area (Å²) in [4.78, 5) is 0. The molecule has 0 bridgehead atoms. The predicted molar refractivity (Wildman–Crippen MR) is 54.5 cm³/mol. The Morgan fingerprint density at radius 1 is 1.15 bits per heavy atom. The highest BCUT2D eigenvalue weighted by atomic mass is 28.3. The van der Waals surface area contributed by atoms with Crippen LogP contribution >= 0.6 is 0 Å². The molecule has 0 aromatic rings. The molecule has 0 radical (unpaired) electrons. The van der Waals surface area contributed by atoms with Crippen LogP contribution in [-0.2, 0) is 13.3 Å². The van der Waals surface area contributed by atoms with Crippen molar-refractivity contribution in [3.63, 3.8) is 0 Å². The Labute approximate surface area is 82.3 Å². The molecule has 4 nitrogen and oxygen atoms in total. The third-order valence-corrected chi connectivity index (χ3v) is 3.10. The molecule has 1 rings (SSSR count). The summed E-state index contributed by atoms with van der Waals surface area (Å²) in [6.45, 7) is 2.08. The molecule has 0 heterocycles. The average molecular weight is 207 g/mol. The van der Waals surface area contributed by atoms with Crippen LogP contribution in [0.1, 0.15) is 19.8 Å². The lowest BCUT2D eigenvalue weighted by Gasteiger charge is -2.05. The number of hydrogen-bond acceptors (Lipinski definition) is 4. The molecular formula is C8H21NO3Si. The molecule has 1 atom stereocenters. The van der Waals surface area contributed by atoms with Crippen molar-refractivity contribution in [2.75, 3.05) is 21.3 Å². The minimum absolute atomic E-state index is 0.463. The molecular weight excluding hydrogens is 186 g/mol. The van der Waals surface area contributed by atoms with E-state index in [1.54, 1.807) is 21.3 Å². The number of hydrogen-bond donors (Lipinski definition) is 1. The minimum atomic E-state index is -1.67. The van der Waals surface area contributed by atoms with Gasteiger partial charge in [0.15, 0.2) is 0 Å². The normalized spacial score (nSPS) is 18.0. The SMILES string of the molecule is CC(N)C1CC1.CO[SiH](OC)OC. The quantitative estimate of drug-likeness (QED) is 0.677. The molecule has 80 valence electrons. The zero-order chi connectivity index (χ0) is 10.3. The molecule has 0 amide bonds. The van der Waals surface area contributed by atoms with Crippen molar-refractivity contribution in [1.29, 1.82) is 0 Å². The van der Waals surface area contributed by atoms with Crippen molar-refractivity contribution in [2.24, 2.45) is 11.7 Å². The molecule has 2 N–H and O–H groups in total. The minimum Gasteiger partial charge on any atom is -0.379 e. The summed E-state index contributed by atoms with van der Waals surface area (Å²) < 4.78 is 14.2. The Balaban J connectivity index is 0.000000223. The Morgan fingerprint density at radius 3 is 1.54 bits per heavy atom. The average Bonchev–Trinajstić information content (AvgIpc) is 2.90. The van der Waals surface area contributed by atoms with Crippen LogP contribution in [0.15, 0.2) is 0 Å². The van der Waals surface area contributed by atoms with E-state index in [2.05, 4.69) is 6.92 Å². The smallest absolute Gasteiger partial charge is 0.379 e. The molecule has 0 spiro atoms. The first kappa shape index (κ1) is 13.1. The van der Waals surface area contributed by atoms with Gasteiger partial charge in [0.2, 0.25) is 0 Å². The van der Waals surface area contributed by atoms with Crippen molar-refractivity contribution in [1.82, 2.24) is 0 Å². The van der Waals surface area contributed by atoms with Crippen LogP contribution in [0.2, 0.25) is 0 Å². The molecule has 1 aliphatic carbocycles. The van der Waals surface area contributed by atoms with Crippen molar-refractivity contribution in [2.45, 2.75) is 25.8 Å². The Hall–Kier alpha value is 0.0569. The fourth-order valence-electron chi connectivity index (χ4n) is 0.911. The van der Waals surface area contributed by atoms with Crippen LogP contribution in [0.5, 0.6) is 0 Å². The van der Waals surface area contributed by atoms with Gasteiger partial charge in [-0.1, -0.05) is 0 Å². The van der Waals surface area contributed by atoms with Gasteiger partial charge in [-0.15, -0.1) is 0 Å². The van der Waals surface area contributed by atoms with Gasteiger partial charge in [-0.3, -0.25) is 0 Å². The summed E-state index contributed by atoms with van der Waals surface area (Å²) in [6.07, 6.45) is 2.75. The fourth-order valence-corrected chi connectivity index (χ4v) is 1.49. The van der Waals surface area contributed by atoms with Gasteiger partial charge in [-0.05, 0) is 25.7 Å². The zero-order valence-electron chi connectivity index (χ0n) is 8.95. The molecule has 1 unspecified atom stereocenters. The maximum Gasteiger partial charge on any atom is 0.483 e. The van der Waals surface area contributed by atoms with Gasteiger partial charge in [0.25, 0.3) is 0 Å². The van der Waals surface area contributed by atoms with Crippen LogP contribution in [0.25, 0.3) is 0 Å². The largest absolute Gasteiger partial charge is 0.483 e. The first-order valence-corrected chi connectivity index (χ1v) is 5.91. The van der Waals surface area contributed by atoms with Crippen LogP contribution in [0, 0.1) is 5.92 Å². The third-order valence-electron chi connectivity index (χ3n) is 1.94. The molecule has 0 saturated heterocycles. The summed E-state index contributed by atoms with van der Waals surface area (Å²) in [5.41, 5.74) is 5.50. The standard InChI is InChI=1S/C5H11N.C3H10O3Si/c1-4(6)5-2-3-5;1-4-7(5-2)6-3/h4-5H,2-3,6H2,1H3;7H,1-3H3. The van der Waals surface area contributed by atoms with Gasteiger partial charge < -0.3 is 19.0 Å². The second kappa shape index (κ2) is 7.46. The maximum atomic E-state index is 5.50. The lowest BCUT2D eigenvalue weighted by atomic mass is 10.2. The van der Waals surface area contributed by atoms with Crippen LogP contribution < -0.4 is 5.73 Å². The summed E-state index contributed by atoms with van der Waals surface area (Å²) in [5.74, 6) is 0.880. The van der Waals surface area contributed by atoms with Crippen molar-refractivity contribution >= 4 is 9.53 Å². The molecule has 1 saturated carbocycles. The zero-order valence-corrected chi connectivity index (χ0v) is 10.1. The second-order valence-corrected chi connectivity index (χ2v) is 5.18. The summed E-state index contributed by atoms with van der Waals surface area (Å²) in [5, 5.41) is 0. The van der Waals surface area contributed by atoms with E-state index in [4.69, 9.17) is 19.0 Å². The molecule has 1 fully saturated rings. The van der Waals surface area contributed by atoms with E-state index in [1.165, 1.54) is 12.8 Å². The van der Waals surface area contributed by atoms with Gasteiger partial charge in [0.05, 0.1) is 0 Å². The summed E-state index contributed by atoms with van der Waals surface area (Å²) in [6, 6.07) is 0.463. The van der Waals surface area contributed by atoms with Gasteiger partial charge in [-0.25, -0.2) is 0 Å². The first-order chi connectivity index (χ1) is 6.15. The monoisotopic (exact) mass is 207 g/mol. The highest BCUT2D eigenvalue weighted by Gasteiger charge is 2.24. The number of rotatable bonds is 4. The predicted octanol–water partition coefficient (Wildman–Crippen LogP) is 0.386. The van der Waals surface area contributed by atoms with Gasteiger partial charge in [0.1, 0.15) is 0 Å². The van der Waals surface area contributed by atoms with E-state index in [0.29, 0.717) is 6.04 Å². The lowest BCUT2D eigenvalue weighted by molar-refractivity contribution is 0.163. The third kappa shape index (κ3) is 7.15. The van der Waals surface area contributed by atoms with E-state index in [1.807, 2.05) is 0 Å². The van der Waals surface area contributed by atoms with E-state index in [9.17, 15) is 0 Å². The number of nitrogens with two attached hydrogens (primary N) is 1. The Bertz CT molecular complexity index is 110.